The number of unbranched alkanes of at least 4 members (excludes halogenated alkanes) is 1. The molecule has 5 rings (SSSR count). The number of carbonyl (C=O) groups is 1. The number of allylic oxidation sites excluding steroid dienone is 3. The quantitative estimate of drug-likeness (QED) is 0.293. The van der Waals surface area contributed by atoms with Gasteiger partial charge in [-0.05, 0) is 111 Å². The van der Waals surface area contributed by atoms with Crippen LogP contribution < -0.4 is 0 Å². The molecule has 3 saturated carbocycles. The van der Waals surface area contributed by atoms with Gasteiger partial charge in [0.15, 0.2) is 0 Å². The largest absolute Gasteiger partial charge is 0.393 e. The van der Waals surface area contributed by atoms with Crippen molar-refractivity contribution in [2.45, 2.75) is 122 Å². The number of benzene rings is 1. The Morgan fingerprint density at radius 3 is 2.64 bits per heavy atom. The minimum atomic E-state index is -1.26. The van der Waals surface area contributed by atoms with E-state index >= 15 is 0 Å². The molecule has 0 spiro atoms. The molecule has 0 bridgehead atoms. The van der Waals surface area contributed by atoms with Crippen molar-refractivity contribution in [3.05, 3.63) is 71.3 Å². The van der Waals surface area contributed by atoms with Gasteiger partial charge in [0.2, 0.25) is 0 Å². The van der Waals surface area contributed by atoms with Crippen molar-refractivity contribution in [2.75, 3.05) is 6.54 Å². The van der Waals surface area contributed by atoms with Crippen molar-refractivity contribution in [1.29, 1.82) is 0 Å². The average molecular weight is 576 g/mol. The first-order valence-electron chi connectivity index (χ1n) is 16.5. The maximum absolute atomic E-state index is 13.2. The summed E-state index contributed by atoms with van der Waals surface area (Å²) in [5, 5.41) is 31.4. The van der Waals surface area contributed by atoms with Crippen molar-refractivity contribution >= 4 is 5.91 Å². The minimum Gasteiger partial charge on any atom is -0.393 e. The highest BCUT2D eigenvalue weighted by molar-refractivity contribution is 5.87. The highest BCUT2D eigenvalue weighted by Crippen LogP contribution is 2.60. The van der Waals surface area contributed by atoms with Gasteiger partial charge in [-0.25, -0.2) is 0 Å². The summed E-state index contributed by atoms with van der Waals surface area (Å²) in [4.78, 5) is 15.2. The van der Waals surface area contributed by atoms with Gasteiger partial charge in [-0.1, -0.05) is 68.5 Å². The van der Waals surface area contributed by atoms with E-state index in [0.29, 0.717) is 37.0 Å². The molecular formula is C37H53NO4. The number of aliphatic hydroxyl groups is 3. The molecule has 1 aromatic rings. The van der Waals surface area contributed by atoms with Crippen molar-refractivity contribution < 1.29 is 20.1 Å². The van der Waals surface area contributed by atoms with Gasteiger partial charge in [0.25, 0.3) is 5.91 Å². The highest BCUT2D eigenvalue weighted by atomic mass is 16.3. The van der Waals surface area contributed by atoms with Crippen LogP contribution in [-0.2, 0) is 11.2 Å². The van der Waals surface area contributed by atoms with E-state index in [1.54, 1.807) is 6.92 Å². The van der Waals surface area contributed by atoms with E-state index in [1.165, 1.54) is 36.8 Å². The highest BCUT2D eigenvalue weighted by Gasteiger charge is 2.53. The van der Waals surface area contributed by atoms with Gasteiger partial charge < -0.3 is 20.2 Å². The van der Waals surface area contributed by atoms with Crippen molar-refractivity contribution in [1.82, 2.24) is 4.90 Å². The van der Waals surface area contributed by atoms with Crippen LogP contribution in [-0.4, -0.2) is 56.5 Å². The number of rotatable bonds is 9. The number of nitrogens with zero attached hydrogens (tertiary/aromatic N) is 1. The molecule has 42 heavy (non-hydrogen) atoms. The molecule has 8 atom stereocenters. The van der Waals surface area contributed by atoms with Gasteiger partial charge in [0.05, 0.1) is 12.2 Å². The molecule has 230 valence electrons. The Labute approximate surface area is 253 Å². The van der Waals surface area contributed by atoms with Crippen LogP contribution in [0.5, 0.6) is 0 Å². The van der Waals surface area contributed by atoms with Gasteiger partial charge >= 0.3 is 0 Å². The standard InChI is InChI=1S/C37H53NO4/c1-25(21-30-24-37(4,42)35(41)38(30)20-9-8-13-27-11-6-5-7-12-27)32-17-18-33-28(14-10-19-36(32,33)3)15-16-29-22-31(39)23-34(40)26(29)2/h5-7,11-12,15-16,25,30-34,39-40,42H,2,8-10,13-14,17-24H2,1,3-4H3/b28-15+,29-16-/t25-,30+,31-,32-,33?,34+,36-,37-/m1/s1. The van der Waals surface area contributed by atoms with Crippen LogP contribution in [0.15, 0.2) is 65.8 Å². The van der Waals surface area contributed by atoms with Gasteiger partial charge in [0.1, 0.15) is 5.60 Å². The van der Waals surface area contributed by atoms with Gasteiger partial charge in [-0.3, -0.25) is 4.79 Å². The van der Waals surface area contributed by atoms with E-state index in [0.717, 1.165) is 49.8 Å². The Balaban J connectivity index is 1.23. The Kier molecular flexibility index (Phi) is 9.51. The summed E-state index contributed by atoms with van der Waals surface area (Å²) in [7, 11) is 0. The van der Waals surface area contributed by atoms with Gasteiger partial charge in [-0.2, -0.15) is 0 Å². The number of carbonyl (C=O) groups excluding carboxylic acids is 1. The van der Waals surface area contributed by atoms with E-state index in [-0.39, 0.29) is 17.4 Å². The molecule has 1 amide bonds. The predicted octanol–water partition coefficient (Wildman–Crippen LogP) is 6.53. The Morgan fingerprint density at radius 1 is 1.12 bits per heavy atom. The number of aryl methyl sites for hydroxylation is 1. The zero-order valence-corrected chi connectivity index (χ0v) is 26.1. The molecule has 0 radical (unpaired) electrons. The molecular weight excluding hydrogens is 522 g/mol. The lowest BCUT2D eigenvalue weighted by atomic mass is 9.60. The third kappa shape index (κ3) is 6.49. The van der Waals surface area contributed by atoms with Crippen LogP contribution in [0.25, 0.3) is 0 Å². The van der Waals surface area contributed by atoms with Crippen LogP contribution in [0.1, 0.15) is 97.0 Å². The summed E-state index contributed by atoms with van der Waals surface area (Å²) in [6, 6.07) is 10.6. The maximum Gasteiger partial charge on any atom is 0.254 e. The zero-order chi connectivity index (χ0) is 30.1. The average Bonchev–Trinajstić information content (AvgIpc) is 3.41. The lowest BCUT2D eigenvalue weighted by molar-refractivity contribution is -0.142. The fraction of sp³-hybridized carbons (Fsp3) is 0.649. The molecule has 1 heterocycles. The molecule has 5 nitrogen and oxygen atoms in total. The summed E-state index contributed by atoms with van der Waals surface area (Å²) >= 11 is 0. The number of fused-ring (bicyclic) bond motifs is 1. The SMILES string of the molecule is C=C1/C(=C\C=C2/CCC[C@@]3(C)C2CC[C@@H]3[C@H](C)C[C@H]2C[C@@](C)(O)C(=O)N2CCCCc2ccccc2)C[C@@H](O)C[C@@H]1O. The van der Waals surface area contributed by atoms with Gasteiger partial charge in [-0.15, -0.1) is 0 Å². The second kappa shape index (κ2) is 12.8. The first-order valence-corrected chi connectivity index (χ1v) is 16.5. The Morgan fingerprint density at radius 2 is 1.88 bits per heavy atom. The summed E-state index contributed by atoms with van der Waals surface area (Å²) in [6.45, 7) is 11.4. The smallest absolute Gasteiger partial charge is 0.254 e. The summed E-state index contributed by atoms with van der Waals surface area (Å²) in [5.41, 5.74) is 3.54. The monoisotopic (exact) mass is 575 g/mol. The van der Waals surface area contributed by atoms with Crippen molar-refractivity contribution in [3.8, 4) is 0 Å². The Bertz CT molecular complexity index is 1190. The van der Waals surface area contributed by atoms with Crippen molar-refractivity contribution in [2.24, 2.45) is 23.2 Å². The maximum atomic E-state index is 13.2. The molecule has 1 aromatic carbocycles. The lowest BCUT2D eigenvalue weighted by Crippen LogP contribution is -2.41. The van der Waals surface area contributed by atoms with Crippen LogP contribution >= 0.6 is 0 Å². The summed E-state index contributed by atoms with van der Waals surface area (Å²) in [5.74, 6) is 1.52. The molecule has 3 aliphatic carbocycles. The molecule has 3 N–H and O–H groups in total. The number of aliphatic hydroxyl groups excluding tert-OH is 2. The molecule has 1 saturated heterocycles. The molecule has 4 aliphatic rings. The molecule has 5 heteroatoms. The molecule has 1 aliphatic heterocycles. The Hall–Kier alpha value is -2.21. The fourth-order valence-electron chi connectivity index (χ4n) is 9.15. The van der Waals surface area contributed by atoms with E-state index in [4.69, 9.17) is 0 Å². The number of likely N-dealkylation sites (tertiary alicyclic amines) is 1. The van der Waals surface area contributed by atoms with E-state index in [9.17, 15) is 20.1 Å². The molecule has 0 aromatic heterocycles. The third-order valence-corrected chi connectivity index (χ3v) is 11.4. The van der Waals surface area contributed by atoms with Crippen LogP contribution in [0.4, 0.5) is 0 Å². The van der Waals surface area contributed by atoms with E-state index in [2.05, 4.69) is 56.8 Å². The predicted molar refractivity (Wildman–Crippen MR) is 169 cm³/mol. The first kappa shape index (κ1) is 31.2. The second-order valence-electron chi connectivity index (χ2n) is 14.5. The second-order valence-corrected chi connectivity index (χ2v) is 14.5. The normalized spacial score (nSPS) is 38.0. The minimum absolute atomic E-state index is 0.0922. The molecule has 1 unspecified atom stereocenters. The zero-order valence-electron chi connectivity index (χ0n) is 26.1. The lowest BCUT2D eigenvalue weighted by Gasteiger charge is -2.45. The van der Waals surface area contributed by atoms with Gasteiger partial charge in [0, 0.05) is 25.4 Å². The van der Waals surface area contributed by atoms with Crippen LogP contribution in [0.3, 0.4) is 0 Å². The number of hydrogen-bond acceptors (Lipinski definition) is 4. The third-order valence-electron chi connectivity index (χ3n) is 11.4. The van der Waals surface area contributed by atoms with E-state index in [1.807, 2.05) is 11.0 Å². The summed E-state index contributed by atoms with van der Waals surface area (Å²) in [6.07, 6.45) is 14.6. The topological polar surface area (TPSA) is 81.0 Å². The number of amides is 1. The van der Waals surface area contributed by atoms with Crippen LogP contribution in [0, 0.1) is 23.2 Å². The fourth-order valence-corrected chi connectivity index (χ4v) is 9.15. The van der Waals surface area contributed by atoms with E-state index < -0.39 is 17.8 Å². The van der Waals surface area contributed by atoms with Crippen molar-refractivity contribution in [3.63, 3.8) is 0 Å². The number of hydrogen-bond donors (Lipinski definition) is 3. The molecule has 4 fully saturated rings. The van der Waals surface area contributed by atoms with Crippen LogP contribution in [0.2, 0.25) is 0 Å². The summed E-state index contributed by atoms with van der Waals surface area (Å²) < 4.78 is 0. The first-order chi connectivity index (χ1) is 20.0.